The molecule has 0 aliphatic rings. The van der Waals surface area contributed by atoms with Gasteiger partial charge in [0.15, 0.2) is 0 Å². The topological polar surface area (TPSA) is 50.9 Å². The van der Waals surface area contributed by atoms with Crippen molar-refractivity contribution in [1.82, 2.24) is 4.98 Å². The Morgan fingerprint density at radius 2 is 1.78 bits per heavy atom. The maximum atomic E-state index is 5.72. The highest BCUT2D eigenvalue weighted by Gasteiger charge is 2.00. The number of pyridine rings is 1. The fourth-order valence-corrected chi connectivity index (χ4v) is 2.02. The van der Waals surface area contributed by atoms with Gasteiger partial charge in [-0.15, -0.1) is 0 Å². The van der Waals surface area contributed by atoms with Gasteiger partial charge >= 0.3 is 0 Å². The van der Waals surface area contributed by atoms with Crippen molar-refractivity contribution < 1.29 is 0 Å². The summed E-state index contributed by atoms with van der Waals surface area (Å²) in [7, 11) is 0. The zero-order valence-electron chi connectivity index (χ0n) is 9.80. The number of benzene rings is 2. The van der Waals surface area contributed by atoms with E-state index >= 15 is 0 Å². The summed E-state index contributed by atoms with van der Waals surface area (Å²) in [5.74, 6) is 0. The molecule has 3 N–H and O–H groups in total. The molecule has 1 heterocycles. The Kier molecular flexibility index (Phi) is 2.57. The van der Waals surface area contributed by atoms with Crippen LogP contribution in [-0.4, -0.2) is 4.98 Å². The van der Waals surface area contributed by atoms with E-state index < -0.39 is 0 Å². The standard InChI is InChI=1S/C15H13N3/c16-12-8-13(10-17-9-12)18-15-7-3-5-11-4-1-2-6-14(11)15/h1-10,18H,16H2. The molecule has 0 saturated heterocycles. The van der Waals surface area contributed by atoms with Crippen molar-refractivity contribution in [2.45, 2.75) is 0 Å². The van der Waals surface area contributed by atoms with Gasteiger partial charge in [0.25, 0.3) is 0 Å². The van der Waals surface area contributed by atoms with E-state index in [1.54, 1.807) is 12.4 Å². The third kappa shape index (κ3) is 1.98. The highest BCUT2D eigenvalue weighted by atomic mass is 14.9. The number of aromatic nitrogens is 1. The van der Waals surface area contributed by atoms with Gasteiger partial charge in [-0.3, -0.25) is 4.98 Å². The second-order valence-corrected chi connectivity index (χ2v) is 4.16. The number of nitrogen functional groups attached to an aromatic ring is 1. The normalized spacial score (nSPS) is 10.4. The first-order chi connectivity index (χ1) is 8.83. The third-order valence-corrected chi connectivity index (χ3v) is 2.83. The number of nitrogens with one attached hydrogen (secondary N) is 1. The molecule has 0 fully saturated rings. The molecule has 3 rings (SSSR count). The molecule has 0 atom stereocenters. The zero-order valence-corrected chi connectivity index (χ0v) is 9.80. The van der Waals surface area contributed by atoms with E-state index in [0.717, 1.165) is 11.4 Å². The first-order valence-electron chi connectivity index (χ1n) is 5.78. The van der Waals surface area contributed by atoms with Crippen molar-refractivity contribution >= 4 is 27.8 Å². The van der Waals surface area contributed by atoms with E-state index in [2.05, 4.69) is 28.5 Å². The highest BCUT2D eigenvalue weighted by Crippen LogP contribution is 2.26. The molecule has 0 bridgehead atoms. The summed E-state index contributed by atoms with van der Waals surface area (Å²) in [6, 6.07) is 16.3. The van der Waals surface area contributed by atoms with Gasteiger partial charge in [0, 0.05) is 17.3 Å². The van der Waals surface area contributed by atoms with Gasteiger partial charge in [-0.1, -0.05) is 36.4 Å². The predicted molar refractivity (Wildman–Crippen MR) is 75.9 cm³/mol. The van der Waals surface area contributed by atoms with Crippen LogP contribution < -0.4 is 11.1 Å². The van der Waals surface area contributed by atoms with Gasteiger partial charge in [0.1, 0.15) is 0 Å². The summed E-state index contributed by atoms with van der Waals surface area (Å²) >= 11 is 0. The summed E-state index contributed by atoms with van der Waals surface area (Å²) in [6.45, 7) is 0. The van der Waals surface area contributed by atoms with Crippen LogP contribution in [0.4, 0.5) is 17.1 Å². The largest absolute Gasteiger partial charge is 0.397 e. The Morgan fingerprint density at radius 3 is 2.67 bits per heavy atom. The van der Waals surface area contributed by atoms with Crippen LogP contribution in [0.3, 0.4) is 0 Å². The summed E-state index contributed by atoms with van der Waals surface area (Å²) < 4.78 is 0. The predicted octanol–water partition coefficient (Wildman–Crippen LogP) is 3.56. The summed E-state index contributed by atoms with van der Waals surface area (Å²) in [5.41, 5.74) is 8.33. The number of anilines is 3. The molecule has 18 heavy (non-hydrogen) atoms. The lowest BCUT2D eigenvalue weighted by molar-refractivity contribution is 1.33. The number of hydrogen-bond donors (Lipinski definition) is 2. The van der Waals surface area contributed by atoms with Crippen molar-refractivity contribution in [2.75, 3.05) is 11.1 Å². The quantitative estimate of drug-likeness (QED) is 0.714. The molecule has 3 aromatic rings. The molecule has 0 aliphatic carbocycles. The monoisotopic (exact) mass is 235 g/mol. The van der Waals surface area contributed by atoms with Gasteiger partial charge in [-0.2, -0.15) is 0 Å². The van der Waals surface area contributed by atoms with E-state index in [1.807, 2.05) is 30.3 Å². The molecule has 0 unspecified atom stereocenters. The first kappa shape index (κ1) is 10.6. The Bertz CT molecular complexity index is 687. The molecular formula is C15H13N3. The molecule has 2 aromatic carbocycles. The summed E-state index contributed by atoms with van der Waals surface area (Å²) in [4.78, 5) is 4.07. The van der Waals surface area contributed by atoms with Crippen molar-refractivity contribution in [3.05, 3.63) is 60.9 Å². The van der Waals surface area contributed by atoms with Gasteiger partial charge < -0.3 is 11.1 Å². The first-order valence-corrected chi connectivity index (χ1v) is 5.78. The van der Waals surface area contributed by atoms with Crippen LogP contribution in [-0.2, 0) is 0 Å². The maximum absolute atomic E-state index is 5.72. The summed E-state index contributed by atoms with van der Waals surface area (Å²) in [5, 5.41) is 5.74. The minimum Gasteiger partial charge on any atom is -0.397 e. The third-order valence-electron chi connectivity index (χ3n) is 2.83. The second kappa shape index (κ2) is 4.37. The molecule has 0 amide bonds. The SMILES string of the molecule is Nc1cncc(Nc2cccc3ccccc23)c1. The van der Waals surface area contributed by atoms with Crippen LogP contribution in [0, 0.1) is 0 Å². The van der Waals surface area contributed by atoms with Crippen molar-refractivity contribution in [3.8, 4) is 0 Å². The van der Waals surface area contributed by atoms with Crippen molar-refractivity contribution in [1.29, 1.82) is 0 Å². The fourth-order valence-electron chi connectivity index (χ4n) is 2.02. The van der Waals surface area contributed by atoms with Crippen molar-refractivity contribution in [2.24, 2.45) is 0 Å². The van der Waals surface area contributed by atoms with Crippen LogP contribution in [0.25, 0.3) is 10.8 Å². The second-order valence-electron chi connectivity index (χ2n) is 4.16. The lowest BCUT2D eigenvalue weighted by Crippen LogP contribution is -1.94. The van der Waals surface area contributed by atoms with Crippen LogP contribution in [0.1, 0.15) is 0 Å². The molecule has 0 aliphatic heterocycles. The van der Waals surface area contributed by atoms with Crippen LogP contribution in [0.2, 0.25) is 0 Å². The highest BCUT2D eigenvalue weighted by molar-refractivity contribution is 5.95. The van der Waals surface area contributed by atoms with E-state index in [0.29, 0.717) is 5.69 Å². The number of fused-ring (bicyclic) bond motifs is 1. The average Bonchev–Trinajstić information content (AvgIpc) is 2.39. The number of nitrogens with two attached hydrogens (primary N) is 1. The van der Waals surface area contributed by atoms with E-state index in [9.17, 15) is 0 Å². The summed E-state index contributed by atoms with van der Waals surface area (Å²) in [6.07, 6.45) is 3.40. The molecule has 3 nitrogen and oxygen atoms in total. The molecule has 0 saturated carbocycles. The Hall–Kier alpha value is -2.55. The van der Waals surface area contributed by atoms with E-state index in [4.69, 9.17) is 5.73 Å². The Morgan fingerprint density at radius 1 is 0.944 bits per heavy atom. The van der Waals surface area contributed by atoms with Crippen LogP contribution in [0.5, 0.6) is 0 Å². The number of rotatable bonds is 2. The van der Waals surface area contributed by atoms with Crippen LogP contribution in [0.15, 0.2) is 60.9 Å². The molecule has 0 spiro atoms. The van der Waals surface area contributed by atoms with Crippen LogP contribution >= 0.6 is 0 Å². The lowest BCUT2D eigenvalue weighted by Gasteiger charge is -2.09. The minimum atomic E-state index is 0.653. The molecule has 88 valence electrons. The number of hydrogen-bond acceptors (Lipinski definition) is 3. The number of nitrogens with zero attached hydrogens (tertiary/aromatic N) is 1. The van der Waals surface area contributed by atoms with Gasteiger partial charge in [-0.05, 0) is 17.5 Å². The maximum Gasteiger partial charge on any atom is 0.0591 e. The average molecular weight is 235 g/mol. The Balaban J connectivity index is 2.05. The molecule has 1 aromatic heterocycles. The molecular weight excluding hydrogens is 222 g/mol. The zero-order chi connectivity index (χ0) is 12.4. The van der Waals surface area contributed by atoms with Gasteiger partial charge in [0.05, 0.1) is 17.6 Å². The lowest BCUT2D eigenvalue weighted by atomic mass is 10.1. The molecule has 0 radical (unpaired) electrons. The van der Waals surface area contributed by atoms with Gasteiger partial charge in [-0.25, -0.2) is 0 Å². The van der Waals surface area contributed by atoms with E-state index in [1.165, 1.54) is 10.8 Å². The van der Waals surface area contributed by atoms with Gasteiger partial charge in [0.2, 0.25) is 0 Å². The minimum absolute atomic E-state index is 0.653. The molecule has 3 heteroatoms. The Labute approximate surface area is 105 Å². The smallest absolute Gasteiger partial charge is 0.0591 e. The fraction of sp³-hybridized carbons (Fsp3) is 0. The van der Waals surface area contributed by atoms with E-state index in [-0.39, 0.29) is 0 Å². The van der Waals surface area contributed by atoms with Crippen molar-refractivity contribution in [3.63, 3.8) is 0 Å².